The summed E-state index contributed by atoms with van der Waals surface area (Å²) in [6.07, 6.45) is 2.97. The number of ether oxygens (including phenoxy) is 1. The second-order valence-corrected chi connectivity index (χ2v) is 9.63. The highest BCUT2D eigenvalue weighted by Gasteiger charge is 2.37. The van der Waals surface area contributed by atoms with Crippen LogP contribution in [0.1, 0.15) is 91.3 Å². The lowest BCUT2D eigenvalue weighted by Crippen LogP contribution is -2.54. The van der Waals surface area contributed by atoms with Crippen LogP contribution in [-0.4, -0.2) is 47.0 Å². The molecule has 7 heteroatoms. The molecule has 1 aromatic rings. The van der Waals surface area contributed by atoms with Crippen molar-refractivity contribution in [2.45, 2.75) is 105 Å². The van der Waals surface area contributed by atoms with E-state index in [-0.39, 0.29) is 17.9 Å². The second kappa shape index (κ2) is 13.2. The molecule has 0 spiro atoms. The minimum absolute atomic E-state index is 0.210. The van der Waals surface area contributed by atoms with E-state index < -0.39 is 23.8 Å². The largest absolute Gasteiger partial charge is 0.444 e. The average molecular weight is 462 g/mol. The van der Waals surface area contributed by atoms with Gasteiger partial charge in [0.25, 0.3) is 0 Å². The first kappa shape index (κ1) is 28.5. The Labute approximate surface area is 199 Å². The summed E-state index contributed by atoms with van der Waals surface area (Å²) in [7, 11) is 0. The Balaban J connectivity index is 3.28. The zero-order valence-corrected chi connectivity index (χ0v) is 21.7. The van der Waals surface area contributed by atoms with Gasteiger partial charge in [-0.15, -0.1) is 0 Å². The van der Waals surface area contributed by atoms with Gasteiger partial charge in [0, 0.05) is 12.6 Å². The topological polar surface area (TPSA) is 87.7 Å². The molecule has 0 aliphatic carbocycles. The number of carbonyl (C=O) groups excluding carboxylic acids is 3. The van der Waals surface area contributed by atoms with Crippen LogP contribution >= 0.6 is 0 Å². The summed E-state index contributed by atoms with van der Waals surface area (Å²) in [5.41, 5.74) is 1.04. The number of benzene rings is 1. The van der Waals surface area contributed by atoms with Crippen LogP contribution in [0, 0.1) is 6.92 Å². The Morgan fingerprint density at radius 2 is 1.70 bits per heavy atom. The fraction of sp³-hybridized carbons (Fsp3) is 0.654. The molecule has 0 aliphatic rings. The number of aryl methyl sites for hydroxylation is 1. The molecule has 3 atom stereocenters. The van der Waals surface area contributed by atoms with Crippen LogP contribution in [0.5, 0.6) is 0 Å². The summed E-state index contributed by atoms with van der Waals surface area (Å²) in [6.45, 7) is 15.4. The zero-order chi connectivity index (χ0) is 25.2. The number of hydrogen-bond donors (Lipinski definition) is 2. The van der Waals surface area contributed by atoms with Crippen molar-refractivity contribution in [2.75, 3.05) is 6.54 Å². The molecule has 0 saturated heterocycles. The highest BCUT2D eigenvalue weighted by atomic mass is 16.6. The van der Waals surface area contributed by atoms with Crippen molar-refractivity contribution in [2.24, 2.45) is 0 Å². The Hall–Kier alpha value is -2.57. The molecule has 1 rings (SSSR count). The van der Waals surface area contributed by atoms with Gasteiger partial charge in [0.05, 0.1) is 0 Å². The van der Waals surface area contributed by atoms with Crippen molar-refractivity contribution in [3.05, 3.63) is 35.4 Å². The molecule has 0 bridgehead atoms. The third-order valence-electron chi connectivity index (χ3n) is 5.51. The summed E-state index contributed by atoms with van der Waals surface area (Å²) < 4.78 is 5.31. The maximum Gasteiger partial charge on any atom is 0.408 e. The minimum Gasteiger partial charge on any atom is -0.444 e. The summed E-state index contributed by atoms with van der Waals surface area (Å²) in [6, 6.07) is 5.75. The first-order valence-electron chi connectivity index (χ1n) is 12.1. The van der Waals surface area contributed by atoms with E-state index in [9.17, 15) is 14.4 Å². The summed E-state index contributed by atoms with van der Waals surface area (Å²) in [4.78, 5) is 41.0. The smallest absolute Gasteiger partial charge is 0.408 e. The van der Waals surface area contributed by atoms with Gasteiger partial charge in [-0.25, -0.2) is 4.79 Å². The standard InChI is InChI=1S/C26H43N3O4/c1-9-11-14-17-27-23(30)22(21-16-13-12-15-18(21)3)29(19(4)10-2)24(31)20(5)28-25(32)33-26(6,7)8/h12-13,15-16,19-20,22H,9-11,14,17H2,1-8H3,(H,27,30)(H,28,32). The highest BCUT2D eigenvalue weighted by molar-refractivity contribution is 5.92. The van der Waals surface area contributed by atoms with Crippen molar-refractivity contribution in [3.63, 3.8) is 0 Å². The van der Waals surface area contributed by atoms with E-state index >= 15 is 0 Å². The molecule has 0 fully saturated rings. The first-order chi connectivity index (χ1) is 15.4. The molecule has 3 unspecified atom stereocenters. The van der Waals surface area contributed by atoms with Gasteiger partial charge in [-0.05, 0) is 65.5 Å². The van der Waals surface area contributed by atoms with Gasteiger partial charge in [0.2, 0.25) is 11.8 Å². The van der Waals surface area contributed by atoms with Gasteiger partial charge in [0.15, 0.2) is 0 Å². The quantitative estimate of drug-likeness (QED) is 0.460. The predicted molar refractivity (Wildman–Crippen MR) is 132 cm³/mol. The minimum atomic E-state index is -0.853. The second-order valence-electron chi connectivity index (χ2n) is 9.63. The molecular formula is C26H43N3O4. The number of hydrogen-bond acceptors (Lipinski definition) is 4. The van der Waals surface area contributed by atoms with Crippen LogP contribution < -0.4 is 10.6 Å². The number of rotatable bonds is 11. The van der Waals surface area contributed by atoms with Gasteiger partial charge < -0.3 is 20.3 Å². The zero-order valence-electron chi connectivity index (χ0n) is 21.7. The summed E-state index contributed by atoms with van der Waals surface area (Å²) in [5, 5.41) is 5.65. The molecule has 0 radical (unpaired) electrons. The van der Waals surface area contributed by atoms with Gasteiger partial charge >= 0.3 is 6.09 Å². The normalized spacial score (nSPS) is 14.1. The predicted octanol–water partition coefficient (Wildman–Crippen LogP) is 4.88. The lowest BCUT2D eigenvalue weighted by molar-refractivity contribution is -0.144. The van der Waals surface area contributed by atoms with Crippen molar-refractivity contribution >= 4 is 17.9 Å². The highest BCUT2D eigenvalue weighted by Crippen LogP contribution is 2.28. The van der Waals surface area contributed by atoms with Gasteiger partial charge in [-0.3, -0.25) is 9.59 Å². The van der Waals surface area contributed by atoms with E-state index in [2.05, 4.69) is 17.6 Å². The molecule has 0 heterocycles. The van der Waals surface area contributed by atoms with Crippen molar-refractivity contribution < 1.29 is 19.1 Å². The van der Waals surface area contributed by atoms with Gasteiger partial charge in [0.1, 0.15) is 17.7 Å². The van der Waals surface area contributed by atoms with E-state index in [1.165, 1.54) is 0 Å². The molecular weight excluding hydrogens is 418 g/mol. The molecule has 186 valence electrons. The van der Waals surface area contributed by atoms with Crippen LogP contribution in [0.25, 0.3) is 0 Å². The molecule has 0 aromatic heterocycles. The number of unbranched alkanes of at least 4 members (excludes halogenated alkanes) is 2. The Morgan fingerprint density at radius 3 is 2.24 bits per heavy atom. The summed E-state index contributed by atoms with van der Waals surface area (Å²) in [5.74, 6) is -0.536. The third kappa shape index (κ3) is 9.06. The maximum absolute atomic E-state index is 13.6. The maximum atomic E-state index is 13.6. The van der Waals surface area contributed by atoms with Crippen molar-refractivity contribution in [1.29, 1.82) is 0 Å². The van der Waals surface area contributed by atoms with Crippen LogP contribution in [0.4, 0.5) is 4.79 Å². The monoisotopic (exact) mass is 461 g/mol. The van der Waals surface area contributed by atoms with Crippen LogP contribution in [0.2, 0.25) is 0 Å². The Kier molecular flexibility index (Phi) is 11.4. The Bertz CT molecular complexity index is 788. The van der Waals surface area contributed by atoms with Crippen molar-refractivity contribution in [1.82, 2.24) is 15.5 Å². The van der Waals surface area contributed by atoms with E-state index in [1.54, 1.807) is 32.6 Å². The molecule has 3 amide bonds. The summed E-state index contributed by atoms with van der Waals surface area (Å²) >= 11 is 0. The van der Waals surface area contributed by atoms with Crippen LogP contribution in [-0.2, 0) is 14.3 Å². The van der Waals surface area contributed by atoms with E-state index in [0.29, 0.717) is 13.0 Å². The van der Waals surface area contributed by atoms with Crippen LogP contribution in [0.3, 0.4) is 0 Å². The molecule has 7 nitrogen and oxygen atoms in total. The number of nitrogens with zero attached hydrogens (tertiary/aromatic N) is 1. The number of amides is 3. The molecule has 2 N–H and O–H groups in total. The van der Waals surface area contributed by atoms with E-state index in [0.717, 1.165) is 30.4 Å². The SMILES string of the molecule is CCCCCNC(=O)C(c1ccccc1C)N(C(=O)C(C)NC(=O)OC(C)(C)C)C(C)CC. The third-order valence-corrected chi connectivity index (χ3v) is 5.51. The molecule has 1 aromatic carbocycles. The average Bonchev–Trinajstić information content (AvgIpc) is 2.73. The van der Waals surface area contributed by atoms with Crippen molar-refractivity contribution in [3.8, 4) is 0 Å². The number of carbonyl (C=O) groups is 3. The lowest BCUT2D eigenvalue weighted by atomic mass is 9.96. The molecule has 0 aliphatic heterocycles. The van der Waals surface area contributed by atoms with E-state index in [4.69, 9.17) is 4.74 Å². The lowest BCUT2D eigenvalue weighted by Gasteiger charge is -2.38. The molecule has 33 heavy (non-hydrogen) atoms. The van der Waals surface area contributed by atoms with Gasteiger partial charge in [-0.1, -0.05) is 51.0 Å². The number of nitrogens with one attached hydrogen (secondary N) is 2. The van der Waals surface area contributed by atoms with Gasteiger partial charge in [-0.2, -0.15) is 0 Å². The Morgan fingerprint density at radius 1 is 1.06 bits per heavy atom. The van der Waals surface area contributed by atoms with E-state index in [1.807, 2.05) is 45.0 Å². The molecule has 0 saturated carbocycles. The fourth-order valence-corrected chi connectivity index (χ4v) is 3.56. The van der Waals surface area contributed by atoms with Crippen LogP contribution in [0.15, 0.2) is 24.3 Å². The first-order valence-corrected chi connectivity index (χ1v) is 12.1. The fourth-order valence-electron chi connectivity index (χ4n) is 3.56. The number of alkyl carbamates (subject to hydrolysis) is 1.